The highest BCUT2D eigenvalue weighted by molar-refractivity contribution is 9.10. The maximum atomic E-state index is 10.7. The van der Waals surface area contributed by atoms with E-state index in [0.29, 0.717) is 5.69 Å². The van der Waals surface area contributed by atoms with Crippen LogP contribution in [0.3, 0.4) is 0 Å². The molecule has 0 amide bonds. The smallest absolute Gasteiger partial charge is 0.270 e. The second-order valence-corrected chi connectivity index (χ2v) is 5.99. The number of nitrogens with one attached hydrogen (secondary N) is 1. The summed E-state index contributed by atoms with van der Waals surface area (Å²) in [6.45, 7) is 1.97. The third-order valence-electron chi connectivity index (χ3n) is 2.72. The molecule has 20 heavy (non-hydrogen) atoms. The van der Waals surface area contributed by atoms with Gasteiger partial charge in [-0.15, -0.1) is 11.3 Å². The summed E-state index contributed by atoms with van der Waals surface area (Å²) in [5.41, 5.74) is 0.774. The molecule has 2 aromatic rings. The van der Waals surface area contributed by atoms with Crippen molar-refractivity contribution in [3.63, 3.8) is 0 Å². The second-order valence-electron chi connectivity index (χ2n) is 4.13. The minimum absolute atomic E-state index is 0.0138. The topological polar surface area (TPSA) is 79.0 Å². The third kappa shape index (κ3) is 3.15. The zero-order chi connectivity index (χ0) is 14.7. The van der Waals surface area contributed by atoms with Crippen molar-refractivity contribution in [1.82, 2.24) is 0 Å². The maximum absolute atomic E-state index is 10.7. The quantitative estimate of drug-likeness (QED) is 0.651. The number of hydrogen-bond acceptors (Lipinski definition) is 5. The molecule has 1 N–H and O–H groups in total. The van der Waals surface area contributed by atoms with Gasteiger partial charge in [0.05, 0.1) is 22.2 Å². The highest BCUT2D eigenvalue weighted by atomic mass is 79.9. The van der Waals surface area contributed by atoms with E-state index in [1.165, 1.54) is 12.1 Å². The second kappa shape index (κ2) is 6.03. The van der Waals surface area contributed by atoms with Crippen LogP contribution in [0.1, 0.15) is 23.4 Å². The zero-order valence-corrected chi connectivity index (χ0v) is 12.9. The fourth-order valence-corrected chi connectivity index (χ4v) is 3.18. The van der Waals surface area contributed by atoms with Crippen LogP contribution in [0.5, 0.6) is 0 Å². The van der Waals surface area contributed by atoms with Gasteiger partial charge in [0, 0.05) is 26.9 Å². The van der Waals surface area contributed by atoms with E-state index in [1.807, 2.05) is 24.4 Å². The molecule has 1 aromatic carbocycles. The number of thiophene rings is 1. The highest BCUT2D eigenvalue weighted by Crippen LogP contribution is 2.30. The van der Waals surface area contributed by atoms with Gasteiger partial charge in [0.15, 0.2) is 0 Å². The van der Waals surface area contributed by atoms with Crippen molar-refractivity contribution < 1.29 is 4.92 Å². The Hall–Kier alpha value is -1.91. The Kier molecular flexibility index (Phi) is 4.37. The molecular formula is C13H10BrN3O2S. The maximum Gasteiger partial charge on any atom is 0.270 e. The molecule has 1 unspecified atom stereocenters. The van der Waals surface area contributed by atoms with E-state index in [-0.39, 0.29) is 17.3 Å². The van der Waals surface area contributed by atoms with Crippen molar-refractivity contribution in [2.75, 3.05) is 5.32 Å². The molecule has 1 aromatic heterocycles. The van der Waals surface area contributed by atoms with Crippen molar-refractivity contribution in [2.24, 2.45) is 0 Å². The number of non-ortho nitro benzene ring substituents is 1. The molecule has 0 aliphatic heterocycles. The van der Waals surface area contributed by atoms with Crippen molar-refractivity contribution in [3.05, 3.63) is 54.7 Å². The minimum Gasteiger partial charge on any atom is -0.377 e. The average Bonchev–Trinajstić information content (AvgIpc) is 2.85. The van der Waals surface area contributed by atoms with E-state index in [2.05, 4.69) is 21.2 Å². The van der Waals surface area contributed by atoms with Gasteiger partial charge in [0.2, 0.25) is 0 Å². The molecule has 7 heteroatoms. The Morgan fingerprint density at radius 2 is 2.25 bits per heavy atom. The number of nitro groups is 1. The Labute approximate surface area is 128 Å². The number of nitro benzene ring substituents is 1. The zero-order valence-electron chi connectivity index (χ0n) is 10.5. The highest BCUT2D eigenvalue weighted by Gasteiger charge is 2.14. The molecule has 2 rings (SSSR count). The van der Waals surface area contributed by atoms with Gasteiger partial charge in [-0.3, -0.25) is 10.1 Å². The number of rotatable bonds is 4. The summed E-state index contributed by atoms with van der Waals surface area (Å²) in [5, 5.41) is 25.0. The van der Waals surface area contributed by atoms with Crippen LogP contribution in [-0.2, 0) is 0 Å². The van der Waals surface area contributed by atoms with Crippen molar-refractivity contribution in [2.45, 2.75) is 13.0 Å². The fourth-order valence-electron chi connectivity index (χ4n) is 1.72. The first kappa shape index (κ1) is 14.5. The molecule has 0 aliphatic rings. The molecule has 1 atom stereocenters. The Morgan fingerprint density at radius 1 is 1.50 bits per heavy atom. The summed E-state index contributed by atoms with van der Waals surface area (Å²) < 4.78 is 1.01. The summed E-state index contributed by atoms with van der Waals surface area (Å²) in [4.78, 5) is 11.3. The molecule has 0 radical (unpaired) electrons. The fraction of sp³-hybridized carbons (Fsp3) is 0.154. The first-order valence-electron chi connectivity index (χ1n) is 5.70. The van der Waals surface area contributed by atoms with Crippen LogP contribution in [0.25, 0.3) is 0 Å². The van der Waals surface area contributed by atoms with Crippen LogP contribution in [-0.4, -0.2) is 4.92 Å². The minimum atomic E-state index is -0.509. The number of anilines is 1. The number of hydrogen-bond donors (Lipinski definition) is 1. The lowest BCUT2D eigenvalue weighted by molar-refractivity contribution is -0.384. The predicted molar refractivity (Wildman–Crippen MR) is 81.9 cm³/mol. The first-order valence-corrected chi connectivity index (χ1v) is 7.37. The largest absolute Gasteiger partial charge is 0.377 e. The van der Waals surface area contributed by atoms with Crippen molar-refractivity contribution in [3.8, 4) is 6.07 Å². The molecular weight excluding hydrogens is 342 g/mol. The summed E-state index contributed by atoms with van der Waals surface area (Å²) in [6.07, 6.45) is 0. The monoisotopic (exact) mass is 351 g/mol. The molecule has 1 heterocycles. The Morgan fingerprint density at radius 3 is 2.80 bits per heavy atom. The lowest BCUT2D eigenvalue weighted by Gasteiger charge is -2.14. The third-order valence-corrected chi connectivity index (χ3v) is 4.60. The van der Waals surface area contributed by atoms with Gasteiger partial charge in [-0.1, -0.05) is 0 Å². The van der Waals surface area contributed by atoms with Crippen molar-refractivity contribution >= 4 is 38.6 Å². The van der Waals surface area contributed by atoms with Crippen LogP contribution < -0.4 is 5.32 Å². The van der Waals surface area contributed by atoms with Gasteiger partial charge in [0.25, 0.3) is 5.69 Å². The van der Waals surface area contributed by atoms with E-state index in [9.17, 15) is 10.1 Å². The molecule has 5 nitrogen and oxygen atoms in total. The Bertz CT molecular complexity index is 693. The standard InChI is InChI=1S/C13H10BrN3O2S/c1-8(13-5-10(14)7-20-13)16-12-3-2-11(17(18)19)4-9(12)6-15/h2-5,7-8,16H,1H3. The summed E-state index contributed by atoms with van der Waals surface area (Å²) >= 11 is 4.99. The van der Waals surface area contributed by atoms with Crippen LogP contribution in [0, 0.1) is 21.4 Å². The summed E-state index contributed by atoms with van der Waals surface area (Å²) in [5.74, 6) is 0. The summed E-state index contributed by atoms with van der Waals surface area (Å²) in [6, 6.07) is 8.23. The number of halogens is 1. The molecule has 0 fully saturated rings. The molecule has 0 bridgehead atoms. The van der Waals surface area contributed by atoms with Gasteiger partial charge in [-0.2, -0.15) is 5.26 Å². The Balaban J connectivity index is 2.25. The lowest BCUT2D eigenvalue weighted by atomic mass is 10.1. The van der Waals surface area contributed by atoms with Crippen LogP contribution >= 0.6 is 27.3 Å². The first-order chi connectivity index (χ1) is 9.51. The molecule has 0 aliphatic carbocycles. The van der Waals surface area contributed by atoms with Gasteiger partial charge in [-0.05, 0) is 35.0 Å². The molecule has 102 valence electrons. The van der Waals surface area contributed by atoms with E-state index in [4.69, 9.17) is 5.26 Å². The van der Waals surface area contributed by atoms with E-state index in [1.54, 1.807) is 17.4 Å². The van der Waals surface area contributed by atoms with E-state index >= 15 is 0 Å². The van der Waals surface area contributed by atoms with Gasteiger partial charge < -0.3 is 5.32 Å². The van der Waals surface area contributed by atoms with E-state index < -0.39 is 4.92 Å². The predicted octanol–water partition coefficient (Wildman–Crippen LogP) is 4.46. The number of nitrogens with zero attached hydrogens (tertiary/aromatic N) is 2. The number of nitriles is 1. The van der Waals surface area contributed by atoms with Crippen LogP contribution in [0.2, 0.25) is 0 Å². The normalized spacial score (nSPS) is 11.7. The molecule has 0 saturated carbocycles. The molecule has 0 saturated heterocycles. The van der Waals surface area contributed by atoms with Crippen molar-refractivity contribution in [1.29, 1.82) is 5.26 Å². The summed E-state index contributed by atoms with van der Waals surface area (Å²) in [7, 11) is 0. The SMILES string of the molecule is CC(Nc1ccc([N+](=O)[O-])cc1C#N)c1cc(Br)cs1. The van der Waals surface area contributed by atoms with Gasteiger partial charge in [-0.25, -0.2) is 0 Å². The average molecular weight is 352 g/mol. The van der Waals surface area contributed by atoms with Crippen LogP contribution in [0.15, 0.2) is 34.1 Å². The lowest BCUT2D eigenvalue weighted by Crippen LogP contribution is -2.06. The van der Waals surface area contributed by atoms with Gasteiger partial charge >= 0.3 is 0 Å². The molecule has 0 spiro atoms. The van der Waals surface area contributed by atoms with Gasteiger partial charge in [0.1, 0.15) is 6.07 Å². The number of benzene rings is 1. The van der Waals surface area contributed by atoms with E-state index in [0.717, 1.165) is 9.35 Å². The van der Waals surface area contributed by atoms with Crippen LogP contribution in [0.4, 0.5) is 11.4 Å².